The fourth-order valence-electron chi connectivity index (χ4n) is 1.72. The third-order valence-electron chi connectivity index (χ3n) is 2.66. The molecule has 0 aliphatic carbocycles. The van der Waals surface area contributed by atoms with Crippen molar-refractivity contribution < 1.29 is 0 Å². The average molecular weight is 355 g/mol. The van der Waals surface area contributed by atoms with E-state index in [1.165, 1.54) is 4.88 Å². The normalized spacial score (nSPS) is 10.8. The Balaban J connectivity index is 1.91. The van der Waals surface area contributed by atoms with Crippen LogP contribution in [0.5, 0.6) is 0 Å². The Morgan fingerprint density at radius 1 is 1.21 bits per heavy atom. The summed E-state index contributed by atoms with van der Waals surface area (Å²) in [5.74, 6) is 1.51. The van der Waals surface area contributed by atoms with E-state index in [2.05, 4.69) is 48.0 Å². The minimum Gasteiger partial charge on any atom is -0.364 e. The number of nitrogens with zero attached hydrogens (tertiary/aromatic N) is 2. The zero-order chi connectivity index (χ0) is 13.2. The molecule has 0 spiro atoms. The molecule has 0 saturated carbocycles. The van der Waals surface area contributed by atoms with Crippen LogP contribution < -0.4 is 10.6 Å². The second-order valence-corrected chi connectivity index (χ2v) is 6.58. The lowest BCUT2D eigenvalue weighted by Gasteiger charge is -2.08. The van der Waals surface area contributed by atoms with Crippen LogP contribution in [0.15, 0.2) is 27.4 Å². The number of aromatic nitrogens is 2. The number of thiophene rings is 2. The summed E-state index contributed by atoms with van der Waals surface area (Å²) >= 11 is 6.88. The van der Waals surface area contributed by atoms with Gasteiger partial charge in [0.05, 0.1) is 11.9 Å². The molecule has 0 unspecified atom stereocenters. The Bertz CT molecular complexity index is 707. The van der Waals surface area contributed by atoms with Gasteiger partial charge in [-0.3, -0.25) is 0 Å². The van der Waals surface area contributed by atoms with Crippen molar-refractivity contribution in [1.29, 1.82) is 0 Å². The quantitative estimate of drug-likeness (QED) is 0.738. The molecule has 3 rings (SSSR count). The fraction of sp³-hybridized carbons (Fsp3) is 0.167. The minimum atomic E-state index is 0.641. The Kier molecular flexibility index (Phi) is 3.67. The van der Waals surface area contributed by atoms with E-state index in [1.54, 1.807) is 22.7 Å². The van der Waals surface area contributed by atoms with E-state index < -0.39 is 0 Å². The Morgan fingerprint density at radius 2 is 2.05 bits per heavy atom. The standard InChI is InChI=1S/C12H11BrN4S2/c1-14-12-16-10(7-2-4-19-11(7)17-12)15-6-9-8(13)3-5-18-9/h2-5H,6H2,1H3,(H2,14,15,16,17). The van der Waals surface area contributed by atoms with Gasteiger partial charge in [0.15, 0.2) is 0 Å². The third-order valence-corrected chi connectivity index (χ3v) is 5.39. The predicted octanol–water partition coefficient (Wildman–Crippen LogP) is 4.17. The van der Waals surface area contributed by atoms with Gasteiger partial charge in [-0.05, 0) is 38.8 Å². The van der Waals surface area contributed by atoms with Gasteiger partial charge in [0.2, 0.25) is 5.95 Å². The van der Waals surface area contributed by atoms with Gasteiger partial charge in [-0.2, -0.15) is 4.98 Å². The van der Waals surface area contributed by atoms with Gasteiger partial charge in [-0.15, -0.1) is 22.7 Å². The van der Waals surface area contributed by atoms with Crippen LogP contribution in [-0.4, -0.2) is 17.0 Å². The Hall–Kier alpha value is -1.18. The van der Waals surface area contributed by atoms with Crippen molar-refractivity contribution in [2.75, 3.05) is 17.7 Å². The van der Waals surface area contributed by atoms with Crippen LogP contribution in [0.2, 0.25) is 0 Å². The van der Waals surface area contributed by atoms with Gasteiger partial charge < -0.3 is 10.6 Å². The van der Waals surface area contributed by atoms with Crippen LogP contribution in [0.4, 0.5) is 11.8 Å². The predicted molar refractivity (Wildman–Crippen MR) is 86.3 cm³/mol. The molecule has 19 heavy (non-hydrogen) atoms. The number of fused-ring (bicyclic) bond motifs is 1. The molecule has 4 nitrogen and oxygen atoms in total. The lowest BCUT2D eigenvalue weighted by Crippen LogP contribution is -2.04. The molecule has 0 aliphatic heterocycles. The minimum absolute atomic E-state index is 0.641. The molecule has 0 saturated heterocycles. The van der Waals surface area contributed by atoms with E-state index in [0.29, 0.717) is 5.95 Å². The highest BCUT2D eigenvalue weighted by atomic mass is 79.9. The van der Waals surface area contributed by atoms with Crippen molar-refractivity contribution in [3.63, 3.8) is 0 Å². The summed E-state index contributed by atoms with van der Waals surface area (Å²) < 4.78 is 1.13. The molecule has 0 aliphatic rings. The molecule has 0 atom stereocenters. The van der Waals surface area contributed by atoms with Crippen molar-refractivity contribution in [3.05, 3.63) is 32.2 Å². The molecular formula is C12H11BrN4S2. The van der Waals surface area contributed by atoms with Gasteiger partial charge in [0.1, 0.15) is 10.6 Å². The van der Waals surface area contributed by atoms with Crippen LogP contribution in [0.1, 0.15) is 4.88 Å². The Labute approximate surface area is 127 Å². The van der Waals surface area contributed by atoms with Crippen LogP contribution in [0.3, 0.4) is 0 Å². The summed E-state index contributed by atoms with van der Waals surface area (Å²) in [6.07, 6.45) is 0. The van der Waals surface area contributed by atoms with Gasteiger partial charge >= 0.3 is 0 Å². The van der Waals surface area contributed by atoms with Crippen molar-refractivity contribution in [3.8, 4) is 0 Å². The molecule has 3 aromatic heterocycles. The van der Waals surface area contributed by atoms with Crippen LogP contribution in [0, 0.1) is 0 Å². The topological polar surface area (TPSA) is 49.8 Å². The lowest BCUT2D eigenvalue weighted by molar-refractivity contribution is 1.12. The van der Waals surface area contributed by atoms with Crippen molar-refractivity contribution in [1.82, 2.24) is 9.97 Å². The molecule has 3 heterocycles. The van der Waals surface area contributed by atoms with Crippen molar-refractivity contribution in [2.24, 2.45) is 0 Å². The summed E-state index contributed by atoms with van der Waals surface area (Å²) in [6.45, 7) is 0.753. The van der Waals surface area contributed by atoms with Crippen molar-refractivity contribution in [2.45, 2.75) is 6.54 Å². The van der Waals surface area contributed by atoms with E-state index in [1.807, 2.05) is 18.5 Å². The summed E-state index contributed by atoms with van der Waals surface area (Å²) in [5.41, 5.74) is 0. The highest BCUT2D eigenvalue weighted by molar-refractivity contribution is 9.10. The average Bonchev–Trinajstić information content (AvgIpc) is 3.04. The summed E-state index contributed by atoms with van der Waals surface area (Å²) in [6, 6.07) is 4.10. The van der Waals surface area contributed by atoms with E-state index in [9.17, 15) is 0 Å². The highest BCUT2D eigenvalue weighted by Crippen LogP contribution is 2.28. The lowest BCUT2D eigenvalue weighted by atomic mass is 10.3. The number of anilines is 2. The molecule has 0 bridgehead atoms. The van der Waals surface area contributed by atoms with Crippen LogP contribution >= 0.6 is 38.6 Å². The van der Waals surface area contributed by atoms with E-state index in [0.717, 1.165) is 27.1 Å². The van der Waals surface area contributed by atoms with Crippen LogP contribution in [0.25, 0.3) is 10.2 Å². The monoisotopic (exact) mass is 354 g/mol. The first kappa shape index (κ1) is 12.8. The molecule has 2 N–H and O–H groups in total. The number of hydrogen-bond donors (Lipinski definition) is 2. The Morgan fingerprint density at radius 3 is 2.79 bits per heavy atom. The van der Waals surface area contributed by atoms with Gasteiger partial charge in [-0.25, -0.2) is 4.98 Å². The number of hydrogen-bond acceptors (Lipinski definition) is 6. The number of rotatable bonds is 4. The van der Waals surface area contributed by atoms with Crippen molar-refractivity contribution >= 4 is 60.6 Å². The van der Waals surface area contributed by atoms with E-state index in [-0.39, 0.29) is 0 Å². The summed E-state index contributed by atoms with van der Waals surface area (Å²) in [4.78, 5) is 11.2. The molecule has 0 amide bonds. The number of halogens is 1. The van der Waals surface area contributed by atoms with Gasteiger partial charge in [-0.1, -0.05) is 0 Å². The first-order chi connectivity index (χ1) is 9.28. The van der Waals surface area contributed by atoms with E-state index in [4.69, 9.17) is 0 Å². The molecule has 0 radical (unpaired) electrons. The third kappa shape index (κ3) is 2.58. The molecule has 7 heteroatoms. The molecular weight excluding hydrogens is 344 g/mol. The maximum Gasteiger partial charge on any atom is 0.225 e. The number of nitrogens with one attached hydrogen (secondary N) is 2. The first-order valence-electron chi connectivity index (χ1n) is 5.66. The first-order valence-corrected chi connectivity index (χ1v) is 8.22. The van der Waals surface area contributed by atoms with Gasteiger partial charge in [0.25, 0.3) is 0 Å². The maximum absolute atomic E-state index is 4.48. The fourth-order valence-corrected chi connectivity index (χ4v) is 3.91. The van der Waals surface area contributed by atoms with Crippen LogP contribution in [-0.2, 0) is 6.54 Å². The molecule has 3 aromatic rings. The zero-order valence-corrected chi connectivity index (χ0v) is 13.3. The molecule has 0 fully saturated rings. The zero-order valence-electron chi connectivity index (χ0n) is 10.1. The molecule has 98 valence electrons. The second-order valence-electron chi connectivity index (χ2n) is 3.83. The maximum atomic E-state index is 4.48. The summed E-state index contributed by atoms with van der Waals surface area (Å²) in [7, 11) is 1.83. The van der Waals surface area contributed by atoms with E-state index >= 15 is 0 Å². The SMILES string of the molecule is CNc1nc(NCc2sccc2Br)c2ccsc2n1. The smallest absolute Gasteiger partial charge is 0.225 e. The largest absolute Gasteiger partial charge is 0.364 e. The summed E-state index contributed by atoms with van der Waals surface area (Å²) in [5, 5.41) is 11.5. The second kappa shape index (κ2) is 5.44. The van der Waals surface area contributed by atoms with Gasteiger partial charge in [0, 0.05) is 16.4 Å². The highest BCUT2D eigenvalue weighted by Gasteiger charge is 2.09. The molecule has 0 aromatic carbocycles.